The largest absolute Gasteiger partial charge is 0.444 e. The van der Waals surface area contributed by atoms with E-state index in [0.29, 0.717) is 59.3 Å². The van der Waals surface area contributed by atoms with Gasteiger partial charge in [-0.3, -0.25) is 14.7 Å². The number of nitrogens with one attached hydrogen (secondary N) is 3. The molecule has 0 saturated carbocycles. The van der Waals surface area contributed by atoms with Gasteiger partial charge in [-0.05, 0) is 62.3 Å². The van der Waals surface area contributed by atoms with Gasteiger partial charge in [0.1, 0.15) is 16.8 Å². The van der Waals surface area contributed by atoms with E-state index in [4.69, 9.17) is 28.4 Å². The van der Waals surface area contributed by atoms with Crippen molar-refractivity contribution in [2.75, 3.05) is 118 Å². The van der Waals surface area contributed by atoms with Crippen molar-refractivity contribution in [1.29, 1.82) is 0 Å². The van der Waals surface area contributed by atoms with Crippen molar-refractivity contribution < 1.29 is 42.8 Å². The molecular formula is C33H66N6O9. The molecule has 282 valence electrons. The SMILES string of the molecule is CC(C)(C)OC(=O)NCCOCCN(CCOCCNC(=O)OC(C)(C)C)CCN1CCN(CCOCCNC(=O)OC(C)(C)C)CC1. The van der Waals surface area contributed by atoms with Crippen LogP contribution >= 0.6 is 0 Å². The van der Waals surface area contributed by atoms with E-state index in [0.717, 1.165) is 58.9 Å². The average molecular weight is 691 g/mol. The summed E-state index contributed by atoms with van der Waals surface area (Å²) in [5, 5.41) is 8.12. The zero-order valence-electron chi connectivity index (χ0n) is 31.2. The van der Waals surface area contributed by atoms with Gasteiger partial charge in [-0.25, -0.2) is 14.4 Å². The molecule has 0 aromatic heterocycles. The Hall–Kier alpha value is -2.43. The van der Waals surface area contributed by atoms with E-state index in [1.807, 2.05) is 62.3 Å². The fraction of sp³-hybridized carbons (Fsp3) is 0.909. The Bertz CT molecular complexity index is 858. The van der Waals surface area contributed by atoms with Crippen molar-refractivity contribution in [2.45, 2.75) is 79.1 Å². The summed E-state index contributed by atoms with van der Waals surface area (Å²) in [4.78, 5) is 42.5. The summed E-state index contributed by atoms with van der Waals surface area (Å²) in [5.74, 6) is 0. The Morgan fingerprint density at radius 3 is 1.19 bits per heavy atom. The molecule has 0 bridgehead atoms. The lowest BCUT2D eigenvalue weighted by Gasteiger charge is -2.35. The lowest BCUT2D eigenvalue weighted by Crippen LogP contribution is -2.49. The van der Waals surface area contributed by atoms with Crippen LogP contribution in [-0.2, 0) is 28.4 Å². The number of ether oxygens (including phenoxy) is 6. The minimum absolute atomic E-state index is 0.376. The van der Waals surface area contributed by atoms with Gasteiger partial charge in [-0.1, -0.05) is 0 Å². The molecule has 48 heavy (non-hydrogen) atoms. The Balaban J connectivity index is 2.33. The van der Waals surface area contributed by atoms with Crippen molar-refractivity contribution >= 4 is 18.3 Å². The monoisotopic (exact) mass is 690 g/mol. The van der Waals surface area contributed by atoms with E-state index in [1.54, 1.807) is 0 Å². The molecule has 0 aromatic carbocycles. The minimum atomic E-state index is -0.538. The Morgan fingerprint density at radius 2 is 0.833 bits per heavy atom. The Kier molecular flexibility index (Phi) is 20.9. The van der Waals surface area contributed by atoms with Crippen molar-refractivity contribution in [3.63, 3.8) is 0 Å². The molecule has 1 aliphatic heterocycles. The molecule has 1 fully saturated rings. The molecule has 0 radical (unpaired) electrons. The number of piperazine rings is 1. The molecule has 15 heteroatoms. The second-order valence-electron chi connectivity index (χ2n) is 14.6. The zero-order valence-corrected chi connectivity index (χ0v) is 31.2. The average Bonchev–Trinajstić information content (AvgIpc) is 2.94. The van der Waals surface area contributed by atoms with E-state index in [-0.39, 0.29) is 0 Å². The predicted molar refractivity (Wildman–Crippen MR) is 184 cm³/mol. The number of carbonyl (C=O) groups is 3. The molecule has 1 heterocycles. The summed E-state index contributed by atoms with van der Waals surface area (Å²) in [6.45, 7) is 28.5. The smallest absolute Gasteiger partial charge is 0.407 e. The van der Waals surface area contributed by atoms with Gasteiger partial charge in [-0.15, -0.1) is 0 Å². The maximum Gasteiger partial charge on any atom is 0.407 e. The number of carbonyl (C=O) groups excluding carboxylic acids is 3. The van der Waals surface area contributed by atoms with Crippen LogP contribution in [0.25, 0.3) is 0 Å². The highest BCUT2D eigenvalue weighted by Crippen LogP contribution is 2.08. The first-order valence-electron chi connectivity index (χ1n) is 17.2. The Labute approximate surface area is 289 Å². The second-order valence-corrected chi connectivity index (χ2v) is 14.6. The van der Waals surface area contributed by atoms with Crippen molar-refractivity contribution in [2.24, 2.45) is 0 Å². The number of nitrogens with zero attached hydrogens (tertiary/aromatic N) is 3. The summed E-state index contributed by atoms with van der Waals surface area (Å²) in [6.07, 6.45) is -1.33. The standard InChI is InChI=1S/C33H66N6O9/c1-31(2,3)46-28(40)34-10-22-43-25-19-38-16-13-37(14-17-38)15-18-39(20-26-44-23-11-35-29(41)47-32(4,5)6)21-27-45-24-12-36-30(42)48-33(7,8)9/h10-27H2,1-9H3,(H,34,40)(H,35,41)(H,36,42). The van der Waals surface area contributed by atoms with Gasteiger partial charge < -0.3 is 44.4 Å². The van der Waals surface area contributed by atoms with E-state index in [1.165, 1.54) is 0 Å². The first-order chi connectivity index (χ1) is 22.4. The quantitative estimate of drug-likeness (QED) is 0.120. The molecule has 1 rings (SSSR count). The van der Waals surface area contributed by atoms with E-state index >= 15 is 0 Å². The molecule has 3 amide bonds. The first-order valence-corrected chi connectivity index (χ1v) is 17.2. The van der Waals surface area contributed by atoms with Gasteiger partial charge in [-0.2, -0.15) is 0 Å². The van der Waals surface area contributed by atoms with Crippen molar-refractivity contribution in [3.8, 4) is 0 Å². The zero-order chi connectivity index (χ0) is 36.1. The summed E-state index contributed by atoms with van der Waals surface area (Å²) in [5.41, 5.74) is -1.59. The van der Waals surface area contributed by atoms with Gasteiger partial charge in [0.25, 0.3) is 0 Å². The van der Waals surface area contributed by atoms with Crippen LogP contribution in [0.1, 0.15) is 62.3 Å². The van der Waals surface area contributed by atoms with E-state index in [2.05, 4.69) is 30.7 Å². The third-order valence-corrected chi connectivity index (χ3v) is 6.60. The third kappa shape index (κ3) is 26.5. The topological polar surface area (TPSA) is 152 Å². The summed E-state index contributed by atoms with van der Waals surface area (Å²) < 4.78 is 33.0. The molecule has 0 aromatic rings. The lowest BCUT2D eigenvalue weighted by molar-refractivity contribution is 0.0444. The maximum absolute atomic E-state index is 11.8. The molecule has 15 nitrogen and oxygen atoms in total. The summed E-state index contributed by atoms with van der Waals surface area (Å²) >= 11 is 0. The lowest BCUT2D eigenvalue weighted by atomic mass is 10.2. The van der Waals surface area contributed by atoms with Gasteiger partial charge in [0, 0.05) is 78.5 Å². The van der Waals surface area contributed by atoms with Crippen LogP contribution in [0, 0.1) is 0 Å². The first kappa shape index (κ1) is 43.6. The highest BCUT2D eigenvalue weighted by Gasteiger charge is 2.19. The fourth-order valence-corrected chi connectivity index (χ4v) is 4.36. The number of hydrogen-bond acceptors (Lipinski definition) is 12. The minimum Gasteiger partial charge on any atom is -0.444 e. The molecule has 1 aliphatic rings. The van der Waals surface area contributed by atoms with Gasteiger partial charge >= 0.3 is 18.3 Å². The second kappa shape index (κ2) is 23.1. The molecule has 0 aliphatic carbocycles. The van der Waals surface area contributed by atoms with Crippen molar-refractivity contribution in [1.82, 2.24) is 30.7 Å². The van der Waals surface area contributed by atoms with Gasteiger partial charge in [0.05, 0.1) is 39.6 Å². The number of rotatable bonds is 21. The maximum atomic E-state index is 11.8. The fourth-order valence-electron chi connectivity index (χ4n) is 4.36. The third-order valence-electron chi connectivity index (χ3n) is 6.60. The molecule has 0 atom stereocenters. The van der Waals surface area contributed by atoms with Gasteiger partial charge in [0.15, 0.2) is 0 Å². The van der Waals surface area contributed by atoms with Crippen LogP contribution in [0.2, 0.25) is 0 Å². The molecule has 1 saturated heterocycles. The predicted octanol–water partition coefficient (Wildman–Crippen LogP) is 2.53. The summed E-state index contributed by atoms with van der Waals surface area (Å²) in [7, 11) is 0. The Morgan fingerprint density at radius 1 is 0.500 bits per heavy atom. The normalized spacial score (nSPS) is 14.9. The number of hydrogen-bond donors (Lipinski definition) is 3. The van der Waals surface area contributed by atoms with Crippen LogP contribution in [0.4, 0.5) is 14.4 Å². The van der Waals surface area contributed by atoms with Crippen LogP contribution < -0.4 is 16.0 Å². The van der Waals surface area contributed by atoms with Crippen LogP contribution in [0.15, 0.2) is 0 Å². The van der Waals surface area contributed by atoms with E-state index in [9.17, 15) is 14.4 Å². The molecular weight excluding hydrogens is 624 g/mol. The van der Waals surface area contributed by atoms with E-state index < -0.39 is 35.1 Å². The highest BCUT2D eigenvalue weighted by molar-refractivity contribution is 5.68. The molecule has 3 N–H and O–H groups in total. The van der Waals surface area contributed by atoms with Crippen molar-refractivity contribution in [3.05, 3.63) is 0 Å². The molecule has 0 unspecified atom stereocenters. The van der Waals surface area contributed by atoms with Crippen LogP contribution in [0.3, 0.4) is 0 Å². The van der Waals surface area contributed by atoms with Crippen LogP contribution in [-0.4, -0.2) is 168 Å². The summed E-state index contributed by atoms with van der Waals surface area (Å²) in [6, 6.07) is 0. The highest BCUT2D eigenvalue weighted by atomic mass is 16.6. The number of alkyl carbamates (subject to hydrolysis) is 3. The van der Waals surface area contributed by atoms with Gasteiger partial charge in [0.2, 0.25) is 0 Å². The number of amides is 3. The van der Waals surface area contributed by atoms with Crippen LogP contribution in [0.5, 0.6) is 0 Å². The molecule has 0 spiro atoms.